The molecule has 7 rings (SSSR count). The van der Waals surface area contributed by atoms with E-state index in [0.29, 0.717) is 16.8 Å². The van der Waals surface area contributed by atoms with Crippen molar-refractivity contribution in [3.63, 3.8) is 0 Å². The number of carbonyl (C=O) groups is 2. The van der Waals surface area contributed by atoms with Crippen LogP contribution >= 0.6 is 23.1 Å². The number of allylic oxidation sites excluding steroid dienone is 1. The maximum Gasteiger partial charge on any atom is 0.270 e. The Balaban J connectivity index is 1.47. The molecule has 0 N–H and O–H groups in total. The SMILES string of the molecule is CN1/C(=C2\C=C(c3sc4ccccc4[n+]3C)C3=C2C(=O)N(c2ccccc2)C3=O)Sc2ccccc21. The summed E-state index contributed by atoms with van der Waals surface area (Å²) in [5.41, 5.74) is 5.35. The smallest absolute Gasteiger partial charge is 0.270 e. The summed E-state index contributed by atoms with van der Waals surface area (Å²) in [6.07, 6.45) is 2.04. The second-order valence-electron chi connectivity index (χ2n) is 8.87. The highest BCUT2D eigenvalue weighted by Gasteiger charge is 2.48. The summed E-state index contributed by atoms with van der Waals surface area (Å²) < 4.78 is 3.25. The van der Waals surface area contributed by atoms with Crippen LogP contribution in [0, 0.1) is 0 Å². The van der Waals surface area contributed by atoms with Crippen molar-refractivity contribution in [3.05, 3.63) is 112 Å². The van der Waals surface area contributed by atoms with Gasteiger partial charge in [0, 0.05) is 23.6 Å². The number of hydrogen-bond donors (Lipinski definition) is 0. The molecule has 3 aliphatic rings. The highest BCUT2D eigenvalue weighted by Crippen LogP contribution is 2.52. The number of thioether (sulfide) groups is 1. The second kappa shape index (κ2) is 7.78. The van der Waals surface area contributed by atoms with Gasteiger partial charge >= 0.3 is 0 Å². The number of para-hydroxylation sites is 3. The topological polar surface area (TPSA) is 44.5 Å². The Bertz CT molecular complexity index is 1730. The molecule has 0 spiro atoms. The summed E-state index contributed by atoms with van der Waals surface area (Å²) in [7, 11) is 4.03. The van der Waals surface area contributed by atoms with Gasteiger partial charge in [0.05, 0.1) is 33.1 Å². The molecule has 0 unspecified atom stereocenters. The van der Waals surface area contributed by atoms with Gasteiger partial charge in [-0.3, -0.25) is 9.59 Å². The molecule has 36 heavy (non-hydrogen) atoms. The molecular weight excluding hydrogens is 486 g/mol. The van der Waals surface area contributed by atoms with E-state index in [9.17, 15) is 9.59 Å². The van der Waals surface area contributed by atoms with Gasteiger partial charge in [-0.2, -0.15) is 4.57 Å². The predicted octanol–water partition coefficient (Wildman–Crippen LogP) is 5.45. The molecule has 3 heterocycles. The number of benzene rings is 3. The van der Waals surface area contributed by atoms with Gasteiger partial charge in [0.25, 0.3) is 16.8 Å². The Morgan fingerprint density at radius 3 is 2.28 bits per heavy atom. The number of nitrogens with zero attached hydrogens (tertiary/aromatic N) is 3. The molecule has 7 heteroatoms. The Morgan fingerprint density at radius 1 is 0.806 bits per heavy atom. The molecule has 3 aromatic carbocycles. The fourth-order valence-electron chi connectivity index (χ4n) is 5.14. The molecule has 5 nitrogen and oxygen atoms in total. The van der Waals surface area contributed by atoms with Crippen molar-refractivity contribution in [1.29, 1.82) is 0 Å². The Kier molecular flexibility index (Phi) is 4.61. The highest BCUT2D eigenvalue weighted by molar-refractivity contribution is 8.03. The van der Waals surface area contributed by atoms with Gasteiger partial charge in [-0.15, -0.1) is 0 Å². The van der Waals surface area contributed by atoms with E-state index in [0.717, 1.165) is 42.0 Å². The van der Waals surface area contributed by atoms with Crippen molar-refractivity contribution in [3.8, 4) is 0 Å². The summed E-state index contributed by atoms with van der Waals surface area (Å²) in [4.78, 5) is 32.4. The molecule has 174 valence electrons. The van der Waals surface area contributed by atoms with Crippen molar-refractivity contribution in [2.75, 3.05) is 16.8 Å². The largest absolute Gasteiger partial charge is 0.338 e. The minimum atomic E-state index is -0.274. The summed E-state index contributed by atoms with van der Waals surface area (Å²) >= 11 is 3.28. The molecule has 0 fully saturated rings. The molecule has 0 bridgehead atoms. The van der Waals surface area contributed by atoms with Crippen LogP contribution in [0.1, 0.15) is 5.01 Å². The van der Waals surface area contributed by atoms with Gasteiger partial charge < -0.3 is 4.90 Å². The number of aryl methyl sites for hydroxylation is 1. The first kappa shape index (κ1) is 21.4. The quantitative estimate of drug-likeness (QED) is 0.268. The molecule has 0 saturated heterocycles. The van der Waals surface area contributed by atoms with Crippen molar-refractivity contribution in [2.24, 2.45) is 7.05 Å². The number of rotatable bonds is 2. The van der Waals surface area contributed by atoms with E-state index < -0.39 is 0 Å². The first-order valence-electron chi connectivity index (χ1n) is 11.6. The second-order valence-corrected chi connectivity index (χ2v) is 10.9. The third kappa shape index (κ3) is 2.87. The summed E-state index contributed by atoms with van der Waals surface area (Å²) in [6, 6.07) is 25.6. The van der Waals surface area contributed by atoms with Gasteiger partial charge in [-0.1, -0.05) is 65.6 Å². The van der Waals surface area contributed by atoms with Crippen molar-refractivity contribution in [2.45, 2.75) is 4.90 Å². The van der Waals surface area contributed by atoms with Crippen LogP contribution in [0.15, 0.2) is 112 Å². The molecule has 0 saturated carbocycles. The number of anilines is 2. The van der Waals surface area contributed by atoms with Crippen molar-refractivity contribution in [1.82, 2.24) is 0 Å². The Hall–Kier alpha value is -3.94. The van der Waals surface area contributed by atoms with E-state index in [2.05, 4.69) is 33.7 Å². The van der Waals surface area contributed by atoms with Crippen molar-refractivity contribution >= 4 is 62.1 Å². The minimum absolute atomic E-state index is 0.274. The molecule has 2 aliphatic heterocycles. The van der Waals surface area contributed by atoms with Gasteiger partial charge in [-0.25, -0.2) is 4.90 Å². The average Bonchev–Trinajstić information content (AvgIpc) is 3.61. The van der Waals surface area contributed by atoms with Crippen LogP contribution in [0.5, 0.6) is 0 Å². The first-order chi connectivity index (χ1) is 17.5. The van der Waals surface area contributed by atoms with E-state index in [1.54, 1.807) is 35.2 Å². The van der Waals surface area contributed by atoms with Crippen LogP contribution in [0.25, 0.3) is 15.8 Å². The minimum Gasteiger partial charge on any atom is -0.338 e. The van der Waals surface area contributed by atoms with E-state index in [1.807, 2.05) is 62.6 Å². The highest BCUT2D eigenvalue weighted by atomic mass is 32.2. The number of thiazole rings is 1. The van der Waals surface area contributed by atoms with Gasteiger partial charge in [0.2, 0.25) is 5.52 Å². The summed E-state index contributed by atoms with van der Waals surface area (Å²) in [5.74, 6) is -0.549. The normalized spacial score (nSPS) is 19.0. The monoisotopic (exact) mass is 506 g/mol. The number of carbonyl (C=O) groups excluding carboxylic acids is 2. The standard InChI is InChI=1S/C29H20N3O2S2/c1-30-20-12-6-8-14-22(20)35-28(30)18-16-19(29-31(2)21-13-7-9-15-23(21)36-29)25-24(18)26(33)32(27(25)34)17-10-4-3-5-11-17/h3-16H,1-2H3/q+1. The number of hydrogen-bond acceptors (Lipinski definition) is 5. The van der Waals surface area contributed by atoms with Gasteiger partial charge in [0.1, 0.15) is 11.7 Å². The molecule has 0 radical (unpaired) electrons. The lowest BCUT2D eigenvalue weighted by atomic mass is 10.1. The van der Waals surface area contributed by atoms with Crippen LogP contribution < -0.4 is 14.4 Å². The third-order valence-electron chi connectivity index (χ3n) is 6.86. The van der Waals surface area contributed by atoms with Gasteiger partial charge in [0.15, 0.2) is 0 Å². The fraction of sp³-hybridized carbons (Fsp3) is 0.0690. The lowest BCUT2D eigenvalue weighted by Gasteiger charge is -2.19. The zero-order valence-corrected chi connectivity index (χ0v) is 21.2. The number of amides is 2. The molecular formula is C29H20N3O2S2+. The van der Waals surface area contributed by atoms with Gasteiger partial charge in [-0.05, 0) is 36.4 Å². The van der Waals surface area contributed by atoms with Crippen molar-refractivity contribution < 1.29 is 14.2 Å². The van der Waals surface area contributed by atoms with Crippen LogP contribution in [0.3, 0.4) is 0 Å². The lowest BCUT2D eigenvalue weighted by Crippen LogP contribution is -2.34. The maximum atomic E-state index is 13.9. The van der Waals surface area contributed by atoms with Crippen LogP contribution in [0.2, 0.25) is 0 Å². The number of aromatic nitrogens is 1. The van der Waals surface area contributed by atoms with E-state index >= 15 is 0 Å². The zero-order chi connectivity index (χ0) is 24.6. The number of imide groups is 1. The van der Waals surface area contributed by atoms with Crippen LogP contribution in [0.4, 0.5) is 11.4 Å². The van der Waals surface area contributed by atoms with Crippen LogP contribution in [-0.2, 0) is 16.6 Å². The van der Waals surface area contributed by atoms with E-state index in [-0.39, 0.29) is 11.8 Å². The maximum absolute atomic E-state index is 13.9. The van der Waals surface area contributed by atoms with E-state index in [4.69, 9.17) is 0 Å². The third-order valence-corrected chi connectivity index (χ3v) is 9.37. The molecule has 1 aromatic heterocycles. The molecule has 1 aliphatic carbocycles. The zero-order valence-electron chi connectivity index (χ0n) is 19.6. The predicted molar refractivity (Wildman–Crippen MR) is 145 cm³/mol. The lowest BCUT2D eigenvalue weighted by molar-refractivity contribution is -0.642. The summed E-state index contributed by atoms with van der Waals surface area (Å²) in [5, 5.41) is 1.91. The fourth-order valence-corrected chi connectivity index (χ4v) is 7.48. The van der Waals surface area contributed by atoms with E-state index in [1.165, 1.54) is 4.90 Å². The molecule has 2 amide bonds. The first-order valence-corrected chi connectivity index (χ1v) is 13.2. The Labute approximate surface area is 216 Å². The Morgan fingerprint density at radius 2 is 1.50 bits per heavy atom. The number of fused-ring (bicyclic) bond motifs is 2. The summed E-state index contributed by atoms with van der Waals surface area (Å²) in [6.45, 7) is 0. The average molecular weight is 507 g/mol. The molecule has 0 atom stereocenters. The van der Waals surface area contributed by atoms with Crippen LogP contribution in [-0.4, -0.2) is 18.9 Å². The molecule has 4 aromatic rings.